The molecule has 0 aromatic heterocycles. The van der Waals surface area contributed by atoms with Gasteiger partial charge in [-0.1, -0.05) is 30.3 Å². The lowest BCUT2D eigenvalue weighted by Crippen LogP contribution is -2.38. The second kappa shape index (κ2) is 6.22. The lowest BCUT2D eigenvalue weighted by atomic mass is 10.1. The van der Waals surface area contributed by atoms with E-state index in [4.69, 9.17) is 9.47 Å². The third-order valence-electron chi connectivity index (χ3n) is 4.31. The number of fused-ring (bicyclic) bond motifs is 2. The minimum absolute atomic E-state index is 0.326. The third-order valence-corrected chi connectivity index (χ3v) is 4.31. The summed E-state index contributed by atoms with van der Waals surface area (Å²) in [5.41, 5.74) is 2.10. The van der Waals surface area contributed by atoms with Crippen LogP contribution < -0.4 is 14.4 Å². The van der Waals surface area contributed by atoms with E-state index in [-0.39, 0.29) is 0 Å². The normalized spacial score (nSPS) is 15.7. The van der Waals surface area contributed by atoms with Crippen molar-refractivity contribution in [2.45, 2.75) is 6.54 Å². The summed E-state index contributed by atoms with van der Waals surface area (Å²) in [7, 11) is 1.92. The second-order valence-corrected chi connectivity index (χ2v) is 6.22. The van der Waals surface area contributed by atoms with Gasteiger partial charge in [0.25, 0.3) is 5.78 Å². The van der Waals surface area contributed by atoms with Gasteiger partial charge in [0.15, 0.2) is 11.5 Å². The van der Waals surface area contributed by atoms with Crippen LogP contribution in [-0.2, 0) is 11.3 Å². The molecule has 0 bridgehead atoms. The first-order valence-electron chi connectivity index (χ1n) is 8.16. The first kappa shape index (κ1) is 15.7. The monoisotopic (exact) mass is 338 g/mol. The summed E-state index contributed by atoms with van der Waals surface area (Å²) in [6.45, 7) is 1.91. The molecule has 0 aliphatic carbocycles. The zero-order chi connectivity index (χ0) is 17.4. The molecule has 6 heteroatoms. The Morgan fingerprint density at radius 1 is 1.04 bits per heavy atom. The SMILES string of the molecule is CN(Cc1ccccc1)CN1C(=O)C(=O)c2cc3c(cc21)OCCO3. The number of ketones is 1. The van der Waals surface area contributed by atoms with Crippen molar-refractivity contribution in [3.8, 4) is 11.5 Å². The van der Waals surface area contributed by atoms with E-state index in [1.165, 1.54) is 4.90 Å². The van der Waals surface area contributed by atoms with Gasteiger partial charge in [-0.15, -0.1) is 0 Å². The second-order valence-electron chi connectivity index (χ2n) is 6.22. The first-order chi connectivity index (χ1) is 12.1. The van der Waals surface area contributed by atoms with Crippen molar-refractivity contribution < 1.29 is 19.1 Å². The predicted octanol–water partition coefficient (Wildman–Crippen LogP) is 2.08. The zero-order valence-electron chi connectivity index (χ0n) is 13.9. The number of nitrogens with zero attached hydrogens (tertiary/aromatic N) is 2. The fourth-order valence-corrected chi connectivity index (χ4v) is 3.16. The molecule has 0 N–H and O–H groups in total. The van der Waals surface area contributed by atoms with E-state index in [1.807, 2.05) is 42.3 Å². The lowest BCUT2D eigenvalue weighted by molar-refractivity contribution is -0.114. The number of hydrogen-bond donors (Lipinski definition) is 0. The molecule has 0 radical (unpaired) electrons. The van der Waals surface area contributed by atoms with Crippen molar-refractivity contribution in [1.29, 1.82) is 0 Å². The van der Waals surface area contributed by atoms with Crippen LogP contribution in [0.5, 0.6) is 11.5 Å². The van der Waals surface area contributed by atoms with E-state index in [1.54, 1.807) is 12.1 Å². The first-order valence-corrected chi connectivity index (χ1v) is 8.16. The molecule has 2 aromatic rings. The molecule has 0 saturated carbocycles. The van der Waals surface area contributed by atoms with Gasteiger partial charge in [-0.3, -0.25) is 19.4 Å². The van der Waals surface area contributed by atoms with Gasteiger partial charge >= 0.3 is 5.91 Å². The van der Waals surface area contributed by atoms with Crippen LogP contribution in [0.15, 0.2) is 42.5 Å². The Morgan fingerprint density at radius 2 is 1.72 bits per heavy atom. The van der Waals surface area contributed by atoms with E-state index in [0.717, 1.165) is 5.56 Å². The summed E-state index contributed by atoms with van der Waals surface area (Å²) >= 11 is 0. The molecule has 1 amide bonds. The average molecular weight is 338 g/mol. The molecule has 6 nitrogen and oxygen atoms in total. The Labute approximate surface area is 145 Å². The Bertz CT molecular complexity index is 835. The van der Waals surface area contributed by atoms with Crippen LogP contribution in [0.2, 0.25) is 0 Å². The van der Waals surface area contributed by atoms with E-state index in [9.17, 15) is 9.59 Å². The minimum atomic E-state index is -0.516. The van der Waals surface area contributed by atoms with Gasteiger partial charge in [0, 0.05) is 12.6 Å². The minimum Gasteiger partial charge on any atom is -0.486 e. The number of amides is 1. The highest BCUT2D eigenvalue weighted by molar-refractivity contribution is 6.52. The molecule has 4 rings (SSSR count). The number of ether oxygens (including phenoxy) is 2. The van der Waals surface area contributed by atoms with Crippen LogP contribution in [0.1, 0.15) is 15.9 Å². The highest BCUT2D eigenvalue weighted by Gasteiger charge is 2.38. The Hall–Kier alpha value is -2.86. The van der Waals surface area contributed by atoms with E-state index >= 15 is 0 Å². The predicted molar refractivity (Wildman–Crippen MR) is 92.0 cm³/mol. The number of Topliss-reactive ketones (excluding diaryl/α,β-unsaturated/α-hetero) is 1. The van der Waals surface area contributed by atoms with Crippen molar-refractivity contribution in [2.24, 2.45) is 0 Å². The molecule has 25 heavy (non-hydrogen) atoms. The molecule has 128 valence electrons. The molecule has 2 aliphatic rings. The third kappa shape index (κ3) is 2.85. The van der Waals surface area contributed by atoms with Crippen LogP contribution in [0.25, 0.3) is 0 Å². The van der Waals surface area contributed by atoms with Gasteiger partial charge in [-0.25, -0.2) is 0 Å². The molecule has 2 aliphatic heterocycles. The largest absolute Gasteiger partial charge is 0.486 e. The smallest absolute Gasteiger partial charge is 0.300 e. The van der Waals surface area contributed by atoms with E-state index < -0.39 is 11.7 Å². The summed E-state index contributed by atoms with van der Waals surface area (Å²) in [4.78, 5) is 28.3. The fourth-order valence-electron chi connectivity index (χ4n) is 3.16. The van der Waals surface area contributed by atoms with Gasteiger partial charge in [0.05, 0.1) is 17.9 Å². The quantitative estimate of drug-likeness (QED) is 0.799. The Balaban J connectivity index is 1.59. The summed E-state index contributed by atoms with van der Waals surface area (Å²) in [5, 5.41) is 0. The van der Waals surface area contributed by atoms with E-state index in [0.29, 0.717) is 49.2 Å². The van der Waals surface area contributed by atoms with Gasteiger partial charge in [-0.2, -0.15) is 0 Å². The maximum atomic E-state index is 12.4. The van der Waals surface area contributed by atoms with Gasteiger partial charge in [-0.05, 0) is 18.7 Å². The summed E-state index contributed by atoms with van der Waals surface area (Å²) in [6.07, 6.45) is 0. The number of carbonyl (C=O) groups excluding carboxylic acids is 2. The highest BCUT2D eigenvalue weighted by atomic mass is 16.6. The Morgan fingerprint density at radius 3 is 2.44 bits per heavy atom. The summed E-state index contributed by atoms with van der Waals surface area (Å²) in [5.74, 6) is 0.0752. The average Bonchev–Trinajstić information content (AvgIpc) is 2.85. The number of carbonyl (C=O) groups is 2. The van der Waals surface area contributed by atoms with Crippen molar-refractivity contribution >= 4 is 17.4 Å². The van der Waals surface area contributed by atoms with Crippen molar-refractivity contribution in [1.82, 2.24) is 4.90 Å². The van der Waals surface area contributed by atoms with Gasteiger partial charge in [0.2, 0.25) is 0 Å². The summed E-state index contributed by atoms with van der Waals surface area (Å²) < 4.78 is 11.1. The van der Waals surface area contributed by atoms with Crippen molar-refractivity contribution in [3.05, 3.63) is 53.6 Å². The Kier molecular flexibility index (Phi) is 3.89. The lowest BCUT2D eigenvalue weighted by Gasteiger charge is -2.25. The number of benzene rings is 2. The molecule has 0 unspecified atom stereocenters. The van der Waals surface area contributed by atoms with Crippen LogP contribution in [0, 0.1) is 0 Å². The zero-order valence-corrected chi connectivity index (χ0v) is 13.9. The van der Waals surface area contributed by atoms with Crippen molar-refractivity contribution in [3.63, 3.8) is 0 Å². The van der Waals surface area contributed by atoms with Gasteiger partial charge in [0.1, 0.15) is 13.2 Å². The van der Waals surface area contributed by atoms with Gasteiger partial charge < -0.3 is 9.47 Å². The molecule has 2 aromatic carbocycles. The molecule has 0 saturated heterocycles. The van der Waals surface area contributed by atoms with E-state index in [2.05, 4.69) is 0 Å². The molecule has 2 heterocycles. The fraction of sp³-hybridized carbons (Fsp3) is 0.263. The molecule has 0 spiro atoms. The molecule has 0 fully saturated rings. The number of rotatable bonds is 4. The maximum absolute atomic E-state index is 12.4. The van der Waals surface area contributed by atoms with Crippen LogP contribution >= 0.6 is 0 Å². The maximum Gasteiger partial charge on any atom is 0.300 e. The molecule has 0 atom stereocenters. The number of anilines is 1. The highest BCUT2D eigenvalue weighted by Crippen LogP contribution is 2.40. The van der Waals surface area contributed by atoms with Crippen molar-refractivity contribution in [2.75, 3.05) is 31.8 Å². The standard InChI is InChI=1S/C19H18N2O4/c1-20(11-13-5-3-2-4-6-13)12-21-15-10-17-16(24-7-8-25-17)9-14(15)18(22)19(21)23/h2-6,9-10H,7-8,11-12H2,1H3. The van der Waals surface area contributed by atoms with Crippen LogP contribution in [0.4, 0.5) is 5.69 Å². The number of hydrogen-bond acceptors (Lipinski definition) is 5. The molecular weight excluding hydrogens is 320 g/mol. The van der Waals surface area contributed by atoms with Crippen LogP contribution in [0.3, 0.4) is 0 Å². The topological polar surface area (TPSA) is 59.1 Å². The van der Waals surface area contributed by atoms with Crippen LogP contribution in [-0.4, -0.2) is 43.5 Å². The molecular formula is C19H18N2O4. The summed E-state index contributed by atoms with van der Waals surface area (Å²) in [6, 6.07) is 13.3.